The summed E-state index contributed by atoms with van der Waals surface area (Å²) in [4.78, 5) is 29.0. The van der Waals surface area contributed by atoms with Crippen LogP contribution in [0.1, 0.15) is 12.0 Å². The molecule has 3 heterocycles. The lowest BCUT2D eigenvalue weighted by Gasteiger charge is -2.19. The zero-order chi connectivity index (χ0) is 16.9. The monoisotopic (exact) mass is 347 g/mol. The van der Waals surface area contributed by atoms with Crippen molar-refractivity contribution in [3.63, 3.8) is 0 Å². The summed E-state index contributed by atoms with van der Waals surface area (Å²) in [6.45, 7) is 0. The topological polar surface area (TPSA) is 99.3 Å². The molecule has 2 atom stereocenters. The second kappa shape index (κ2) is 5.34. The number of rotatable bonds is 3. The number of aromatic nitrogens is 1. The zero-order valence-corrected chi connectivity index (χ0v) is 13.7. The number of hydrogen-bond donors (Lipinski definition) is 2. The van der Waals surface area contributed by atoms with Crippen LogP contribution in [0.3, 0.4) is 0 Å². The van der Waals surface area contributed by atoms with E-state index in [1.807, 2.05) is 30.5 Å². The van der Waals surface area contributed by atoms with Crippen molar-refractivity contribution in [2.45, 2.75) is 24.9 Å². The van der Waals surface area contributed by atoms with Gasteiger partial charge in [0.1, 0.15) is 6.04 Å². The van der Waals surface area contributed by atoms with Crippen molar-refractivity contribution in [2.24, 2.45) is 0 Å². The van der Waals surface area contributed by atoms with Gasteiger partial charge in [-0.05, 0) is 18.1 Å². The van der Waals surface area contributed by atoms with Crippen LogP contribution < -0.4 is 5.32 Å². The maximum atomic E-state index is 12.6. The highest BCUT2D eigenvalue weighted by molar-refractivity contribution is 7.91. The number of hydrogen-bond acceptors (Lipinski definition) is 4. The van der Waals surface area contributed by atoms with Crippen LogP contribution in [0.25, 0.3) is 10.9 Å². The van der Waals surface area contributed by atoms with Crippen LogP contribution in [0.4, 0.5) is 4.79 Å². The summed E-state index contributed by atoms with van der Waals surface area (Å²) in [5.41, 5.74) is 1.92. The van der Waals surface area contributed by atoms with E-state index in [4.69, 9.17) is 0 Å². The Labute approximate surface area is 138 Å². The van der Waals surface area contributed by atoms with Crippen LogP contribution in [0.15, 0.2) is 30.5 Å². The molecule has 0 bridgehead atoms. The fourth-order valence-corrected chi connectivity index (χ4v) is 5.23. The average Bonchev–Trinajstić information content (AvgIpc) is 3.18. The smallest absolute Gasteiger partial charge is 0.325 e. The van der Waals surface area contributed by atoms with Gasteiger partial charge in [-0.1, -0.05) is 18.2 Å². The molecule has 2 aliphatic rings. The maximum Gasteiger partial charge on any atom is 0.325 e. The molecule has 2 fully saturated rings. The first-order chi connectivity index (χ1) is 11.4. The summed E-state index contributed by atoms with van der Waals surface area (Å²) in [5.74, 6) is -0.444. The Morgan fingerprint density at radius 3 is 2.75 bits per heavy atom. The van der Waals surface area contributed by atoms with Gasteiger partial charge < -0.3 is 10.3 Å². The van der Waals surface area contributed by atoms with E-state index in [1.54, 1.807) is 0 Å². The predicted molar refractivity (Wildman–Crippen MR) is 88.2 cm³/mol. The van der Waals surface area contributed by atoms with E-state index in [-0.39, 0.29) is 17.4 Å². The van der Waals surface area contributed by atoms with Gasteiger partial charge in [-0.2, -0.15) is 0 Å². The number of nitrogens with one attached hydrogen (secondary N) is 2. The van der Waals surface area contributed by atoms with E-state index in [1.165, 1.54) is 0 Å². The SMILES string of the molecule is O=C1N[C@@H](Cc2c[nH]c3ccccc23)C(=O)N1C1CCS(=O)(=O)C1. The van der Waals surface area contributed by atoms with Gasteiger partial charge in [0.05, 0.1) is 17.5 Å². The lowest BCUT2D eigenvalue weighted by atomic mass is 10.0. The molecule has 0 aliphatic carbocycles. The quantitative estimate of drug-likeness (QED) is 0.803. The van der Waals surface area contributed by atoms with Gasteiger partial charge in [-0.25, -0.2) is 13.2 Å². The third kappa shape index (κ3) is 2.47. The lowest BCUT2D eigenvalue weighted by Crippen LogP contribution is -2.41. The van der Waals surface area contributed by atoms with E-state index in [0.717, 1.165) is 21.4 Å². The van der Waals surface area contributed by atoms with Crippen LogP contribution in [0, 0.1) is 0 Å². The summed E-state index contributed by atoms with van der Waals surface area (Å²) in [6.07, 6.45) is 2.54. The minimum Gasteiger partial charge on any atom is -0.361 e. The third-order valence-corrected chi connectivity index (χ3v) is 6.47. The van der Waals surface area contributed by atoms with Crippen LogP contribution in [0.2, 0.25) is 0 Å². The Bertz CT molecular complexity index is 934. The number of nitrogens with zero attached hydrogens (tertiary/aromatic N) is 1. The van der Waals surface area contributed by atoms with Gasteiger partial charge in [0.25, 0.3) is 5.91 Å². The van der Waals surface area contributed by atoms with Crippen LogP contribution >= 0.6 is 0 Å². The Morgan fingerprint density at radius 1 is 1.21 bits per heavy atom. The second-order valence-electron chi connectivity index (χ2n) is 6.33. The number of carbonyl (C=O) groups excluding carboxylic acids is 2. The number of urea groups is 1. The third-order valence-electron chi connectivity index (χ3n) is 4.72. The largest absolute Gasteiger partial charge is 0.361 e. The first-order valence-electron chi connectivity index (χ1n) is 7.83. The van der Waals surface area contributed by atoms with E-state index < -0.39 is 28.0 Å². The molecule has 2 N–H and O–H groups in total. The van der Waals surface area contributed by atoms with Crippen molar-refractivity contribution in [3.05, 3.63) is 36.0 Å². The Balaban J connectivity index is 1.55. The fraction of sp³-hybridized carbons (Fsp3) is 0.375. The summed E-state index contributed by atoms with van der Waals surface area (Å²) in [7, 11) is -3.15. The summed E-state index contributed by atoms with van der Waals surface area (Å²) in [6, 6.07) is 6.06. The van der Waals surface area contributed by atoms with Crippen molar-refractivity contribution < 1.29 is 18.0 Å². The number of fused-ring (bicyclic) bond motifs is 1. The van der Waals surface area contributed by atoms with Crippen LogP contribution in [0.5, 0.6) is 0 Å². The zero-order valence-electron chi connectivity index (χ0n) is 12.9. The first kappa shape index (κ1) is 15.2. The van der Waals surface area contributed by atoms with Gasteiger partial charge in [-0.3, -0.25) is 9.69 Å². The van der Waals surface area contributed by atoms with Gasteiger partial charge >= 0.3 is 6.03 Å². The van der Waals surface area contributed by atoms with Crippen LogP contribution in [-0.2, 0) is 21.1 Å². The molecule has 1 aromatic heterocycles. The minimum atomic E-state index is -3.15. The predicted octanol–water partition coefficient (Wildman–Crippen LogP) is 0.818. The van der Waals surface area contributed by atoms with Gasteiger partial charge in [-0.15, -0.1) is 0 Å². The minimum absolute atomic E-state index is 0.0296. The molecule has 0 radical (unpaired) electrons. The molecule has 8 heteroatoms. The number of aromatic amines is 1. The molecular weight excluding hydrogens is 330 g/mol. The summed E-state index contributed by atoms with van der Waals surface area (Å²) < 4.78 is 23.2. The number of imide groups is 1. The van der Waals surface area contributed by atoms with Crippen molar-refractivity contribution >= 4 is 32.7 Å². The number of sulfone groups is 1. The summed E-state index contributed by atoms with van der Waals surface area (Å²) >= 11 is 0. The lowest BCUT2D eigenvalue weighted by molar-refractivity contribution is -0.128. The van der Waals surface area contributed by atoms with Crippen molar-refractivity contribution in [1.82, 2.24) is 15.2 Å². The molecule has 24 heavy (non-hydrogen) atoms. The van der Waals surface area contributed by atoms with E-state index >= 15 is 0 Å². The highest BCUT2D eigenvalue weighted by Gasteiger charge is 2.45. The van der Waals surface area contributed by atoms with E-state index in [9.17, 15) is 18.0 Å². The molecule has 126 valence electrons. The summed E-state index contributed by atoms with van der Waals surface area (Å²) in [5, 5.41) is 3.70. The average molecular weight is 347 g/mol. The van der Waals surface area contributed by atoms with Gasteiger partial charge in [0, 0.05) is 23.5 Å². The highest BCUT2D eigenvalue weighted by atomic mass is 32.2. The molecule has 1 unspecified atom stereocenters. The Kier molecular flexibility index (Phi) is 3.38. The number of carbonyl (C=O) groups is 2. The number of benzene rings is 1. The van der Waals surface area contributed by atoms with Gasteiger partial charge in [0.2, 0.25) is 0 Å². The highest BCUT2D eigenvalue weighted by Crippen LogP contribution is 2.25. The molecule has 7 nitrogen and oxygen atoms in total. The van der Waals surface area contributed by atoms with Crippen molar-refractivity contribution in [2.75, 3.05) is 11.5 Å². The van der Waals surface area contributed by atoms with Gasteiger partial charge in [0.15, 0.2) is 9.84 Å². The van der Waals surface area contributed by atoms with E-state index in [2.05, 4.69) is 10.3 Å². The molecule has 2 aromatic rings. The number of amides is 3. The molecule has 2 aliphatic heterocycles. The van der Waals surface area contributed by atoms with Crippen molar-refractivity contribution in [3.8, 4) is 0 Å². The normalized spacial score (nSPS) is 26.2. The molecule has 1 aromatic carbocycles. The second-order valence-corrected chi connectivity index (χ2v) is 8.56. The molecule has 4 rings (SSSR count). The first-order valence-corrected chi connectivity index (χ1v) is 9.66. The molecule has 3 amide bonds. The standard InChI is InChI=1S/C16H17N3O4S/c20-15-14(7-10-8-17-13-4-2-1-3-12(10)13)18-16(21)19(15)11-5-6-24(22,23)9-11/h1-4,8,11,14,17H,5-7,9H2,(H,18,21)/t11?,14-/m0/s1. The van der Waals surface area contributed by atoms with Crippen molar-refractivity contribution in [1.29, 1.82) is 0 Å². The molecular formula is C16H17N3O4S. The molecule has 0 saturated carbocycles. The van der Waals surface area contributed by atoms with E-state index in [0.29, 0.717) is 12.8 Å². The number of para-hydroxylation sites is 1. The Morgan fingerprint density at radius 2 is 2.00 bits per heavy atom. The molecule has 2 saturated heterocycles. The van der Waals surface area contributed by atoms with Crippen LogP contribution in [-0.4, -0.2) is 53.8 Å². The Hall–Kier alpha value is -2.35. The maximum absolute atomic E-state index is 12.6. The fourth-order valence-electron chi connectivity index (χ4n) is 3.53. The molecule has 0 spiro atoms. The number of H-pyrrole nitrogens is 1.